The Hall–Kier alpha value is -2.20. The van der Waals surface area contributed by atoms with Gasteiger partial charge in [-0.3, -0.25) is 4.79 Å². The molecule has 0 aliphatic carbocycles. The zero-order valence-electron chi connectivity index (χ0n) is 16.1. The summed E-state index contributed by atoms with van der Waals surface area (Å²) in [6.07, 6.45) is 1.35. The Labute approximate surface area is 179 Å². The first-order chi connectivity index (χ1) is 14.2. The third-order valence-electron chi connectivity index (χ3n) is 4.75. The van der Waals surface area contributed by atoms with Gasteiger partial charge in [0.2, 0.25) is 15.9 Å². The fourth-order valence-corrected chi connectivity index (χ4v) is 4.04. The molecular weight excluding hydrogens is 435 g/mol. The Bertz CT molecular complexity index is 1010. The molecule has 1 aliphatic rings. The van der Waals surface area contributed by atoms with Gasteiger partial charge in [-0.25, -0.2) is 17.9 Å². The van der Waals surface area contributed by atoms with Crippen LogP contribution in [0.5, 0.6) is 5.75 Å². The number of primary sulfonamides is 1. The number of benzene rings is 2. The van der Waals surface area contributed by atoms with Crippen LogP contribution < -0.4 is 15.2 Å². The van der Waals surface area contributed by atoms with Gasteiger partial charge >= 0.3 is 0 Å². The Balaban J connectivity index is 1.73. The number of nitrogens with one attached hydrogen (secondary N) is 1. The Kier molecular flexibility index (Phi) is 7.30. The lowest BCUT2D eigenvalue weighted by Crippen LogP contribution is -2.22. The first-order valence-corrected chi connectivity index (χ1v) is 11.3. The molecule has 3 N–H and O–H groups in total. The van der Waals surface area contributed by atoms with E-state index in [9.17, 15) is 17.6 Å². The maximum Gasteiger partial charge on any atom is 0.241 e. The smallest absolute Gasteiger partial charge is 0.241 e. The Morgan fingerprint density at radius 1 is 1.27 bits per heavy atom. The van der Waals surface area contributed by atoms with Crippen molar-refractivity contribution in [3.05, 3.63) is 52.8 Å². The number of sulfonamides is 1. The molecular formula is C20H22ClFN2O5S. The third-order valence-corrected chi connectivity index (χ3v) is 6.03. The van der Waals surface area contributed by atoms with E-state index in [2.05, 4.69) is 5.32 Å². The third kappa shape index (κ3) is 5.91. The molecule has 1 fully saturated rings. The number of hydrogen-bond donors (Lipinski definition) is 2. The molecule has 10 heteroatoms. The van der Waals surface area contributed by atoms with Gasteiger partial charge in [0.15, 0.2) is 0 Å². The number of halogens is 2. The summed E-state index contributed by atoms with van der Waals surface area (Å²) < 4.78 is 48.9. The van der Waals surface area contributed by atoms with E-state index >= 15 is 0 Å². The fourth-order valence-electron chi connectivity index (χ4n) is 3.12. The van der Waals surface area contributed by atoms with Crippen molar-refractivity contribution in [2.75, 3.05) is 25.1 Å². The molecule has 1 aliphatic heterocycles. The highest BCUT2D eigenvalue weighted by molar-refractivity contribution is 7.89. The molecule has 0 atom stereocenters. The number of ether oxygens (including phenoxy) is 2. The molecule has 30 heavy (non-hydrogen) atoms. The summed E-state index contributed by atoms with van der Waals surface area (Å²) in [5.41, 5.74) is 0.245. The lowest BCUT2D eigenvalue weighted by atomic mass is 10.0. The molecule has 1 amide bonds. The van der Waals surface area contributed by atoms with Crippen LogP contribution in [0.4, 0.5) is 10.1 Å². The Morgan fingerprint density at radius 3 is 2.67 bits per heavy atom. The molecule has 0 aromatic heterocycles. The molecule has 0 radical (unpaired) electrons. The quantitative estimate of drug-likeness (QED) is 0.665. The monoisotopic (exact) mass is 456 g/mol. The highest BCUT2D eigenvalue weighted by atomic mass is 35.5. The number of hydrogen-bond acceptors (Lipinski definition) is 5. The summed E-state index contributed by atoms with van der Waals surface area (Å²) in [5.74, 6) is -0.783. The number of anilines is 1. The molecule has 0 bridgehead atoms. The number of carbonyl (C=O) groups excluding carboxylic acids is 1. The van der Waals surface area contributed by atoms with Crippen LogP contribution in [0.15, 0.2) is 41.3 Å². The van der Waals surface area contributed by atoms with Crippen LogP contribution in [0.2, 0.25) is 5.02 Å². The highest BCUT2D eigenvalue weighted by Crippen LogP contribution is 2.28. The van der Waals surface area contributed by atoms with Crippen molar-refractivity contribution in [2.45, 2.75) is 24.2 Å². The van der Waals surface area contributed by atoms with E-state index in [0.717, 1.165) is 12.8 Å². The van der Waals surface area contributed by atoms with Crippen LogP contribution in [0, 0.1) is 11.7 Å². The molecule has 0 spiro atoms. The summed E-state index contributed by atoms with van der Waals surface area (Å²) in [7, 11) is -4.10. The summed E-state index contributed by atoms with van der Waals surface area (Å²) in [4.78, 5) is 12.1. The maximum atomic E-state index is 13.9. The van der Waals surface area contributed by atoms with E-state index in [1.807, 2.05) is 0 Å². The molecule has 2 aromatic rings. The minimum absolute atomic E-state index is 0.0553. The lowest BCUT2D eigenvalue weighted by molar-refractivity contribution is -0.115. The van der Waals surface area contributed by atoms with Crippen LogP contribution in [-0.2, 0) is 26.0 Å². The second-order valence-corrected chi connectivity index (χ2v) is 8.94. The van der Waals surface area contributed by atoms with Gasteiger partial charge in [-0.05, 0) is 49.1 Å². The number of rotatable bonds is 7. The van der Waals surface area contributed by atoms with Gasteiger partial charge in [0.1, 0.15) is 16.5 Å². The van der Waals surface area contributed by atoms with E-state index < -0.39 is 21.7 Å². The SMILES string of the molecule is NS(=O)(=O)c1cc(NC(=O)Cc2c(F)cccc2Cl)ccc1OCC1CCOCC1. The van der Waals surface area contributed by atoms with Crippen molar-refractivity contribution in [3.8, 4) is 5.75 Å². The summed E-state index contributed by atoms with van der Waals surface area (Å²) >= 11 is 5.94. The summed E-state index contributed by atoms with van der Waals surface area (Å²) in [6.45, 7) is 1.63. The number of nitrogens with two attached hydrogens (primary N) is 1. The van der Waals surface area contributed by atoms with Crippen molar-refractivity contribution in [2.24, 2.45) is 11.1 Å². The first kappa shape index (κ1) is 22.5. The lowest BCUT2D eigenvalue weighted by Gasteiger charge is -2.22. The van der Waals surface area contributed by atoms with E-state index in [1.165, 1.54) is 36.4 Å². The summed E-state index contributed by atoms with van der Waals surface area (Å²) in [6, 6.07) is 8.28. The largest absolute Gasteiger partial charge is 0.492 e. The standard InChI is InChI=1S/C20H22ClFN2O5S/c21-16-2-1-3-17(22)15(16)11-20(25)24-14-4-5-18(19(10-14)30(23,26)27)29-12-13-6-8-28-9-7-13/h1-5,10,13H,6-9,11-12H2,(H,24,25)(H2,23,26,27). The van der Waals surface area contributed by atoms with Crippen molar-refractivity contribution in [3.63, 3.8) is 0 Å². The second kappa shape index (κ2) is 9.74. The zero-order chi connectivity index (χ0) is 21.7. The van der Waals surface area contributed by atoms with Gasteiger partial charge < -0.3 is 14.8 Å². The predicted octanol–water partition coefficient (Wildman–Crippen LogP) is 3.11. The van der Waals surface area contributed by atoms with Crippen molar-refractivity contribution < 1.29 is 27.1 Å². The van der Waals surface area contributed by atoms with E-state index in [4.69, 9.17) is 26.2 Å². The number of amides is 1. The molecule has 1 heterocycles. The van der Waals surface area contributed by atoms with Crippen LogP contribution in [-0.4, -0.2) is 34.1 Å². The maximum absolute atomic E-state index is 13.9. The van der Waals surface area contributed by atoms with Crippen molar-refractivity contribution in [1.29, 1.82) is 0 Å². The van der Waals surface area contributed by atoms with Gasteiger partial charge in [0.05, 0.1) is 13.0 Å². The van der Waals surface area contributed by atoms with E-state index in [0.29, 0.717) is 19.8 Å². The van der Waals surface area contributed by atoms with Crippen molar-refractivity contribution >= 4 is 33.2 Å². The topological polar surface area (TPSA) is 108 Å². The van der Waals surface area contributed by atoms with Gasteiger partial charge in [-0.1, -0.05) is 17.7 Å². The van der Waals surface area contributed by atoms with Crippen molar-refractivity contribution in [1.82, 2.24) is 0 Å². The normalized spacial score (nSPS) is 15.0. The zero-order valence-corrected chi connectivity index (χ0v) is 17.6. The minimum atomic E-state index is -4.10. The molecule has 3 rings (SSSR count). The van der Waals surface area contributed by atoms with Crippen LogP contribution >= 0.6 is 11.6 Å². The highest BCUT2D eigenvalue weighted by Gasteiger charge is 2.20. The number of carbonyl (C=O) groups is 1. The average molecular weight is 457 g/mol. The molecule has 162 valence electrons. The molecule has 1 saturated heterocycles. The second-order valence-electron chi connectivity index (χ2n) is 7.00. The van der Waals surface area contributed by atoms with E-state index in [-0.39, 0.29) is 39.3 Å². The van der Waals surface area contributed by atoms with Gasteiger partial charge in [-0.2, -0.15) is 0 Å². The average Bonchev–Trinajstić information content (AvgIpc) is 2.70. The van der Waals surface area contributed by atoms with Gasteiger partial charge in [-0.15, -0.1) is 0 Å². The minimum Gasteiger partial charge on any atom is -0.492 e. The Morgan fingerprint density at radius 2 is 2.00 bits per heavy atom. The molecule has 2 aromatic carbocycles. The van der Waals surface area contributed by atoms with Gasteiger partial charge in [0, 0.05) is 29.5 Å². The first-order valence-electron chi connectivity index (χ1n) is 9.34. The molecule has 7 nitrogen and oxygen atoms in total. The fraction of sp³-hybridized carbons (Fsp3) is 0.350. The molecule has 0 unspecified atom stereocenters. The predicted molar refractivity (Wildman–Crippen MR) is 111 cm³/mol. The molecule has 0 saturated carbocycles. The van der Waals surface area contributed by atoms with Crippen LogP contribution in [0.25, 0.3) is 0 Å². The van der Waals surface area contributed by atoms with Gasteiger partial charge in [0.25, 0.3) is 0 Å². The van der Waals surface area contributed by atoms with Crippen LogP contribution in [0.3, 0.4) is 0 Å². The van der Waals surface area contributed by atoms with E-state index in [1.54, 1.807) is 0 Å². The van der Waals surface area contributed by atoms with Crippen LogP contribution in [0.1, 0.15) is 18.4 Å². The summed E-state index contributed by atoms with van der Waals surface area (Å²) in [5, 5.41) is 7.99.